The summed E-state index contributed by atoms with van der Waals surface area (Å²) in [6, 6.07) is 9.74. The highest BCUT2D eigenvalue weighted by Gasteiger charge is 2.27. The molecule has 1 aliphatic rings. The Morgan fingerprint density at radius 3 is 2.65 bits per heavy atom. The van der Waals surface area contributed by atoms with E-state index < -0.39 is 21.7 Å². The number of anilines is 1. The molecule has 1 N–H and O–H groups in total. The van der Waals surface area contributed by atoms with Crippen LogP contribution in [0.25, 0.3) is 5.69 Å². The maximum Gasteiger partial charge on any atom is 0.255 e. The van der Waals surface area contributed by atoms with Crippen molar-refractivity contribution in [2.45, 2.75) is 11.8 Å². The molecule has 10 nitrogen and oxygen atoms in total. The van der Waals surface area contributed by atoms with Gasteiger partial charge in [0.15, 0.2) is 5.82 Å². The number of nitrogens with zero attached hydrogens (tertiary/aromatic N) is 5. The fraction of sp³-hybridized carbons (Fsp3) is 0.263. The Morgan fingerprint density at radius 2 is 1.94 bits per heavy atom. The maximum atomic E-state index is 14.2. The second-order valence-corrected chi connectivity index (χ2v) is 8.74. The van der Waals surface area contributed by atoms with Gasteiger partial charge in [0, 0.05) is 24.3 Å². The van der Waals surface area contributed by atoms with Crippen molar-refractivity contribution in [1.29, 1.82) is 0 Å². The summed E-state index contributed by atoms with van der Waals surface area (Å²) in [6.45, 7) is 2.78. The molecule has 1 aromatic heterocycles. The average molecular weight is 446 g/mol. The molecule has 3 aromatic rings. The maximum absolute atomic E-state index is 14.2. The van der Waals surface area contributed by atoms with Gasteiger partial charge >= 0.3 is 0 Å². The summed E-state index contributed by atoms with van der Waals surface area (Å²) in [6.07, 6.45) is 0. The third kappa shape index (κ3) is 4.31. The fourth-order valence-electron chi connectivity index (χ4n) is 3.14. The van der Waals surface area contributed by atoms with Crippen LogP contribution in [0.4, 0.5) is 10.1 Å². The normalized spacial score (nSPS) is 15.0. The molecule has 1 saturated heterocycles. The quantitative estimate of drug-likeness (QED) is 0.629. The molecule has 0 unspecified atom stereocenters. The Balaban J connectivity index is 1.57. The van der Waals surface area contributed by atoms with Crippen LogP contribution in [0.5, 0.6) is 0 Å². The highest BCUT2D eigenvalue weighted by molar-refractivity contribution is 7.89. The summed E-state index contributed by atoms with van der Waals surface area (Å²) in [5, 5.41) is 13.6. The van der Waals surface area contributed by atoms with Gasteiger partial charge in [0.2, 0.25) is 10.0 Å². The van der Waals surface area contributed by atoms with Crippen molar-refractivity contribution in [3.05, 3.63) is 59.7 Å². The predicted molar refractivity (Wildman–Crippen MR) is 108 cm³/mol. The number of benzene rings is 2. The van der Waals surface area contributed by atoms with E-state index in [0.717, 1.165) is 0 Å². The number of hydrogen-bond acceptors (Lipinski definition) is 7. The number of halogens is 1. The summed E-state index contributed by atoms with van der Waals surface area (Å²) in [5.41, 5.74) is 0.528. The van der Waals surface area contributed by atoms with E-state index >= 15 is 0 Å². The molecule has 0 atom stereocenters. The summed E-state index contributed by atoms with van der Waals surface area (Å²) in [5.74, 6) is -0.722. The van der Waals surface area contributed by atoms with Gasteiger partial charge in [0.1, 0.15) is 11.5 Å². The van der Waals surface area contributed by atoms with Gasteiger partial charge < -0.3 is 10.1 Å². The Hall–Kier alpha value is -3.22. The topological polar surface area (TPSA) is 119 Å². The van der Waals surface area contributed by atoms with E-state index in [1.165, 1.54) is 51.5 Å². The van der Waals surface area contributed by atoms with Crippen molar-refractivity contribution in [1.82, 2.24) is 24.5 Å². The molecule has 0 bridgehead atoms. The van der Waals surface area contributed by atoms with Crippen LogP contribution in [0.15, 0.2) is 47.4 Å². The number of tetrazole rings is 1. The zero-order valence-corrected chi connectivity index (χ0v) is 17.3. The van der Waals surface area contributed by atoms with Crippen molar-refractivity contribution in [3.63, 3.8) is 0 Å². The van der Waals surface area contributed by atoms with Crippen LogP contribution < -0.4 is 5.32 Å². The molecule has 12 heteroatoms. The lowest BCUT2D eigenvalue weighted by atomic mass is 10.2. The van der Waals surface area contributed by atoms with Gasteiger partial charge in [-0.25, -0.2) is 12.8 Å². The molecular weight excluding hydrogens is 427 g/mol. The third-order valence-corrected chi connectivity index (χ3v) is 6.66. The van der Waals surface area contributed by atoms with E-state index in [4.69, 9.17) is 4.74 Å². The SMILES string of the molecule is Cc1nnnn1-c1cc(NC(=O)c2cccc(S(=O)(=O)N3CCOCC3)c2)ccc1F. The van der Waals surface area contributed by atoms with Gasteiger partial charge in [0.25, 0.3) is 5.91 Å². The Morgan fingerprint density at radius 1 is 1.16 bits per heavy atom. The molecule has 0 saturated carbocycles. The zero-order valence-electron chi connectivity index (χ0n) is 16.5. The number of ether oxygens (including phenoxy) is 1. The van der Waals surface area contributed by atoms with Crippen LogP contribution in [-0.4, -0.2) is 65.1 Å². The molecule has 4 rings (SSSR count). The highest BCUT2D eigenvalue weighted by atomic mass is 32.2. The molecule has 0 spiro atoms. The van der Waals surface area contributed by atoms with Gasteiger partial charge in [-0.2, -0.15) is 8.99 Å². The lowest BCUT2D eigenvalue weighted by Gasteiger charge is -2.26. The highest BCUT2D eigenvalue weighted by Crippen LogP contribution is 2.21. The minimum Gasteiger partial charge on any atom is -0.379 e. The average Bonchev–Trinajstić information content (AvgIpc) is 3.21. The van der Waals surface area contributed by atoms with Crippen molar-refractivity contribution in [2.24, 2.45) is 0 Å². The molecule has 1 fully saturated rings. The monoisotopic (exact) mass is 446 g/mol. The lowest BCUT2D eigenvalue weighted by Crippen LogP contribution is -2.40. The van der Waals surface area contributed by atoms with Crippen molar-refractivity contribution in [2.75, 3.05) is 31.6 Å². The Bertz CT molecular complexity index is 1220. The van der Waals surface area contributed by atoms with Crippen molar-refractivity contribution < 1.29 is 22.3 Å². The predicted octanol–water partition coefficient (Wildman–Crippen LogP) is 1.38. The first kappa shape index (κ1) is 21.0. The van der Waals surface area contributed by atoms with Gasteiger partial charge in [0.05, 0.1) is 18.1 Å². The van der Waals surface area contributed by atoms with Gasteiger partial charge in [-0.3, -0.25) is 4.79 Å². The zero-order chi connectivity index (χ0) is 22.0. The number of sulfonamides is 1. The molecule has 162 valence electrons. The fourth-order valence-corrected chi connectivity index (χ4v) is 4.60. The van der Waals surface area contributed by atoms with Crippen LogP contribution in [0.3, 0.4) is 0 Å². The van der Waals surface area contributed by atoms with E-state index in [1.807, 2.05) is 0 Å². The number of nitrogens with one attached hydrogen (secondary N) is 1. The molecule has 0 radical (unpaired) electrons. The van der Waals surface area contributed by atoms with Crippen LogP contribution in [0, 0.1) is 12.7 Å². The smallest absolute Gasteiger partial charge is 0.255 e. The standard InChI is InChI=1S/C19H19FN6O4S/c1-13-22-23-24-26(13)18-12-15(5-6-17(18)20)21-19(27)14-3-2-4-16(11-14)31(28,29)25-7-9-30-10-8-25/h2-6,11-12H,7-10H2,1H3,(H,21,27). The third-order valence-electron chi connectivity index (χ3n) is 4.76. The lowest BCUT2D eigenvalue weighted by molar-refractivity contribution is 0.0730. The van der Waals surface area contributed by atoms with E-state index in [0.29, 0.717) is 24.7 Å². The van der Waals surface area contributed by atoms with Crippen LogP contribution in [-0.2, 0) is 14.8 Å². The summed E-state index contributed by atoms with van der Waals surface area (Å²) < 4.78 is 47.6. The van der Waals surface area contributed by atoms with Gasteiger partial charge in [-0.05, 0) is 53.7 Å². The molecule has 1 amide bonds. The molecular formula is C19H19FN6O4S. The number of aromatic nitrogens is 4. The number of hydrogen-bond donors (Lipinski definition) is 1. The molecule has 31 heavy (non-hydrogen) atoms. The first-order chi connectivity index (χ1) is 14.9. The summed E-state index contributed by atoms with van der Waals surface area (Å²) >= 11 is 0. The van der Waals surface area contributed by atoms with E-state index in [2.05, 4.69) is 20.8 Å². The van der Waals surface area contributed by atoms with E-state index in [1.54, 1.807) is 6.92 Å². The van der Waals surface area contributed by atoms with Gasteiger partial charge in [-0.15, -0.1) is 5.10 Å². The number of rotatable bonds is 5. The van der Waals surface area contributed by atoms with Gasteiger partial charge in [-0.1, -0.05) is 6.07 Å². The van der Waals surface area contributed by atoms with E-state index in [9.17, 15) is 17.6 Å². The first-order valence-corrected chi connectivity index (χ1v) is 10.8. The van der Waals surface area contributed by atoms with E-state index in [-0.39, 0.29) is 29.2 Å². The minimum absolute atomic E-state index is 0.0196. The van der Waals surface area contributed by atoms with Crippen LogP contribution in [0.1, 0.15) is 16.2 Å². The second-order valence-electron chi connectivity index (χ2n) is 6.80. The van der Waals surface area contributed by atoms with Crippen molar-refractivity contribution >= 4 is 21.6 Å². The van der Waals surface area contributed by atoms with Crippen molar-refractivity contribution in [3.8, 4) is 5.69 Å². The number of morpholine rings is 1. The number of carbonyl (C=O) groups is 1. The molecule has 2 heterocycles. The molecule has 2 aromatic carbocycles. The largest absolute Gasteiger partial charge is 0.379 e. The van der Waals surface area contributed by atoms with Crippen LogP contribution in [0.2, 0.25) is 0 Å². The minimum atomic E-state index is -3.74. The number of amides is 1. The van der Waals surface area contributed by atoms with Crippen LogP contribution >= 0.6 is 0 Å². The molecule has 1 aliphatic heterocycles. The second kappa shape index (κ2) is 8.49. The first-order valence-electron chi connectivity index (χ1n) is 9.40. The Labute approximate surface area is 177 Å². The molecule has 0 aliphatic carbocycles. The summed E-state index contributed by atoms with van der Waals surface area (Å²) in [7, 11) is -3.74. The summed E-state index contributed by atoms with van der Waals surface area (Å²) in [4.78, 5) is 12.8. The number of aryl methyl sites for hydroxylation is 1. The Kier molecular flexibility index (Phi) is 5.76. The number of carbonyl (C=O) groups excluding carboxylic acids is 1.